The van der Waals surface area contributed by atoms with E-state index in [4.69, 9.17) is 5.11 Å². The molecule has 0 heterocycles. The van der Waals surface area contributed by atoms with Crippen molar-refractivity contribution >= 4 is 17.6 Å². The van der Waals surface area contributed by atoms with E-state index in [0.29, 0.717) is 31.4 Å². The van der Waals surface area contributed by atoms with Crippen LogP contribution in [0.2, 0.25) is 0 Å². The third kappa shape index (κ3) is 5.15. The first-order chi connectivity index (χ1) is 10.7. The standard InChI is InChI=1S/C15H16F3NO4/c16-15(17,18)23-12-7-5-11(6-8-12)19-13(20)9-1-3-10(4-2-9)14(21)22/h5-10H,1-4H2,(H,19,20)(H,21,22). The van der Waals surface area contributed by atoms with Gasteiger partial charge in [-0.05, 0) is 49.9 Å². The number of aliphatic carboxylic acids is 1. The molecule has 1 aromatic carbocycles. The molecule has 0 aliphatic heterocycles. The number of ether oxygens (including phenoxy) is 1. The van der Waals surface area contributed by atoms with Crippen molar-refractivity contribution in [1.82, 2.24) is 0 Å². The number of nitrogens with one attached hydrogen (secondary N) is 1. The summed E-state index contributed by atoms with van der Waals surface area (Å²) in [6, 6.07) is 4.87. The van der Waals surface area contributed by atoms with Gasteiger partial charge in [0, 0.05) is 11.6 Å². The number of hydrogen-bond donors (Lipinski definition) is 2. The molecule has 23 heavy (non-hydrogen) atoms. The molecule has 1 fully saturated rings. The molecule has 0 aromatic heterocycles. The summed E-state index contributed by atoms with van der Waals surface area (Å²) in [5, 5.41) is 11.5. The molecule has 2 rings (SSSR count). The van der Waals surface area contributed by atoms with Crippen LogP contribution >= 0.6 is 0 Å². The van der Waals surface area contributed by atoms with Gasteiger partial charge < -0.3 is 15.2 Å². The summed E-state index contributed by atoms with van der Waals surface area (Å²) in [4.78, 5) is 22.9. The summed E-state index contributed by atoms with van der Waals surface area (Å²) in [5.41, 5.74) is 0.366. The summed E-state index contributed by atoms with van der Waals surface area (Å²) in [5.74, 6) is -2.14. The average Bonchev–Trinajstić information content (AvgIpc) is 2.48. The lowest BCUT2D eigenvalue weighted by Crippen LogP contribution is -2.29. The molecule has 1 aliphatic rings. The van der Waals surface area contributed by atoms with Crippen LogP contribution < -0.4 is 10.1 Å². The number of anilines is 1. The van der Waals surface area contributed by atoms with E-state index in [0.717, 1.165) is 12.1 Å². The predicted molar refractivity (Wildman–Crippen MR) is 74.8 cm³/mol. The van der Waals surface area contributed by atoms with E-state index in [1.165, 1.54) is 12.1 Å². The van der Waals surface area contributed by atoms with Crippen molar-refractivity contribution in [3.05, 3.63) is 24.3 Å². The second kappa shape index (κ2) is 6.89. The van der Waals surface area contributed by atoms with E-state index in [9.17, 15) is 22.8 Å². The van der Waals surface area contributed by atoms with Crippen LogP contribution in [0.25, 0.3) is 0 Å². The van der Waals surface area contributed by atoms with Crippen molar-refractivity contribution in [3.8, 4) is 5.75 Å². The molecule has 0 unspecified atom stereocenters. The van der Waals surface area contributed by atoms with Crippen LogP contribution in [0.4, 0.5) is 18.9 Å². The Hall–Kier alpha value is -2.25. The second-order valence-electron chi connectivity index (χ2n) is 5.45. The van der Waals surface area contributed by atoms with Crippen LogP contribution in [0.5, 0.6) is 5.75 Å². The van der Waals surface area contributed by atoms with Crippen LogP contribution in [0.3, 0.4) is 0 Å². The Morgan fingerprint density at radius 2 is 1.57 bits per heavy atom. The number of carbonyl (C=O) groups excluding carboxylic acids is 1. The van der Waals surface area contributed by atoms with Crippen LogP contribution in [0.15, 0.2) is 24.3 Å². The Morgan fingerprint density at radius 3 is 2.04 bits per heavy atom. The van der Waals surface area contributed by atoms with E-state index in [1.54, 1.807) is 0 Å². The van der Waals surface area contributed by atoms with Gasteiger partial charge in [-0.25, -0.2) is 0 Å². The molecule has 0 radical (unpaired) electrons. The third-order valence-electron chi connectivity index (χ3n) is 3.80. The third-order valence-corrected chi connectivity index (χ3v) is 3.80. The lowest BCUT2D eigenvalue weighted by Gasteiger charge is -2.25. The van der Waals surface area contributed by atoms with E-state index in [1.807, 2.05) is 0 Å². The minimum absolute atomic E-state index is 0.252. The average molecular weight is 331 g/mol. The fourth-order valence-corrected chi connectivity index (χ4v) is 2.59. The van der Waals surface area contributed by atoms with Crippen LogP contribution in [-0.4, -0.2) is 23.3 Å². The summed E-state index contributed by atoms with van der Waals surface area (Å²) in [6.45, 7) is 0. The Morgan fingerprint density at radius 1 is 1.04 bits per heavy atom. The van der Waals surface area contributed by atoms with Crippen molar-refractivity contribution < 1.29 is 32.6 Å². The van der Waals surface area contributed by atoms with Gasteiger partial charge in [0.25, 0.3) is 0 Å². The first kappa shape index (κ1) is 17.1. The highest BCUT2D eigenvalue weighted by atomic mass is 19.4. The number of alkyl halides is 3. The first-order valence-electron chi connectivity index (χ1n) is 7.14. The molecule has 1 aliphatic carbocycles. The number of amides is 1. The first-order valence-corrected chi connectivity index (χ1v) is 7.14. The summed E-state index contributed by atoms with van der Waals surface area (Å²) in [7, 11) is 0. The monoisotopic (exact) mass is 331 g/mol. The smallest absolute Gasteiger partial charge is 0.481 e. The zero-order valence-corrected chi connectivity index (χ0v) is 12.1. The number of carboxylic acid groups (broad SMARTS) is 1. The van der Waals surface area contributed by atoms with Gasteiger partial charge in [0.2, 0.25) is 5.91 Å². The Balaban J connectivity index is 1.87. The number of rotatable bonds is 4. The Labute approximate surface area is 130 Å². The van der Waals surface area contributed by atoms with Gasteiger partial charge in [-0.3, -0.25) is 9.59 Å². The lowest BCUT2D eigenvalue weighted by atomic mass is 9.81. The maximum Gasteiger partial charge on any atom is 0.573 e. The van der Waals surface area contributed by atoms with Gasteiger partial charge in [-0.1, -0.05) is 0 Å². The molecule has 126 valence electrons. The molecule has 0 bridgehead atoms. The van der Waals surface area contributed by atoms with Crippen LogP contribution in [0.1, 0.15) is 25.7 Å². The highest BCUT2D eigenvalue weighted by Gasteiger charge is 2.31. The highest BCUT2D eigenvalue weighted by molar-refractivity contribution is 5.92. The minimum atomic E-state index is -4.76. The normalized spacial score (nSPS) is 21.5. The highest BCUT2D eigenvalue weighted by Crippen LogP contribution is 2.30. The second-order valence-corrected chi connectivity index (χ2v) is 5.45. The summed E-state index contributed by atoms with van der Waals surface area (Å²) in [6.07, 6.45) is -2.89. The fourth-order valence-electron chi connectivity index (χ4n) is 2.59. The van der Waals surface area contributed by atoms with Crippen molar-refractivity contribution in [2.24, 2.45) is 11.8 Å². The maximum absolute atomic E-state index is 12.1. The van der Waals surface area contributed by atoms with Crippen molar-refractivity contribution in [1.29, 1.82) is 0 Å². The number of carboxylic acids is 1. The molecule has 1 amide bonds. The number of halogens is 3. The molecule has 0 saturated heterocycles. The zero-order chi connectivity index (χ0) is 17.0. The van der Waals surface area contributed by atoms with Crippen molar-refractivity contribution in [3.63, 3.8) is 0 Å². The van der Waals surface area contributed by atoms with Crippen molar-refractivity contribution in [2.45, 2.75) is 32.0 Å². The molecule has 5 nitrogen and oxygen atoms in total. The quantitative estimate of drug-likeness (QED) is 0.886. The fraction of sp³-hybridized carbons (Fsp3) is 0.467. The topological polar surface area (TPSA) is 75.6 Å². The molecule has 1 saturated carbocycles. The SMILES string of the molecule is O=C(O)C1CCC(C(=O)Nc2ccc(OC(F)(F)F)cc2)CC1. The van der Waals surface area contributed by atoms with Crippen LogP contribution in [0, 0.1) is 11.8 Å². The maximum atomic E-state index is 12.1. The summed E-state index contributed by atoms with van der Waals surface area (Å²) < 4.78 is 39.9. The van der Waals surface area contributed by atoms with Gasteiger partial charge in [0.05, 0.1) is 5.92 Å². The molecule has 0 atom stereocenters. The molecule has 8 heteroatoms. The Bertz CT molecular complexity index is 563. The zero-order valence-electron chi connectivity index (χ0n) is 12.1. The van der Waals surface area contributed by atoms with Crippen LogP contribution in [-0.2, 0) is 9.59 Å². The Kier molecular flexibility index (Phi) is 5.12. The van der Waals surface area contributed by atoms with E-state index in [2.05, 4.69) is 10.1 Å². The van der Waals surface area contributed by atoms with Gasteiger partial charge in [0.1, 0.15) is 5.75 Å². The van der Waals surface area contributed by atoms with Gasteiger partial charge in [-0.2, -0.15) is 0 Å². The number of hydrogen-bond acceptors (Lipinski definition) is 3. The predicted octanol–water partition coefficient (Wildman–Crippen LogP) is 3.41. The van der Waals surface area contributed by atoms with E-state index >= 15 is 0 Å². The molecule has 2 N–H and O–H groups in total. The van der Waals surface area contributed by atoms with Crippen molar-refractivity contribution in [2.75, 3.05) is 5.32 Å². The van der Waals surface area contributed by atoms with E-state index in [-0.39, 0.29) is 17.6 Å². The largest absolute Gasteiger partial charge is 0.573 e. The lowest BCUT2D eigenvalue weighted by molar-refractivity contribution is -0.274. The number of benzene rings is 1. The molecule has 0 spiro atoms. The molecular weight excluding hydrogens is 315 g/mol. The molecule has 1 aromatic rings. The van der Waals surface area contributed by atoms with Gasteiger partial charge >= 0.3 is 12.3 Å². The van der Waals surface area contributed by atoms with E-state index < -0.39 is 18.2 Å². The summed E-state index contributed by atoms with van der Waals surface area (Å²) >= 11 is 0. The minimum Gasteiger partial charge on any atom is -0.481 e. The molecular formula is C15H16F3NO4. The van der Waals surface area contributed by atoms with Gasteiger partial charge in [0.15, 0.2) is 0 Å². The number of carbonyl (C=O) groups is 2. The van der Waals surface area contributed by atoms with Gasteiger partial charge in [-0.15, -0.1) is 13.2 Å².